The third-order valence-corrected chi connectivity index (χ3v) is 5.38. The molecule has 2 aliphatic heterocycles. The monoisotopic (exact) mass is 334 g/mol. The number of benzene rings is 1. The van der Waals surface area contributed by atoms with Crippen LogP contribution < -0.4 is 0 Å². The fraction of sp³-hybridized carbons (Fsp3) is 0.611. The molecule has 2 N–H and O–H groups in total. The number of aromatic hydroxyl groups is 2. The summed E-state index contributed by atoms with van der Waals surface area (Å²) in [5, 5.41) is 19.5. The van der Waals surface area contributed by atoms with E-state index < -0.39 is 0 Å². The molecular formula is C18H26N2O4. The molecule has 2 aliphatic rings. The van der Waals surface area contributed by atoms with Crippen LogP contribution in [0, 0.1) is 5.92 Å². The van der Waals surface area contributed by atoms with Crippen molar-refractivity contribution >= 4 is 5.91 Å². The first-order valence-corrected chi connectivity index (χ1v) is 8.70. The number of carbonyl (C=O) groups excluding carboxylic acids is 1. The second-order valence-corrected chi connectivity index (χ2v) is 6.69. The molecule has 0 unspecified atom stereocenters. The average molecular weight is 334 g/mol. The number of rotatable bonds is 3. The normalized spacial score (nSPS) is 21.6. The Morgan fingerprint density at radius 3 is 2.50 bits per heavy atom. The van der Waals surface area contributed by atoms with Crippen LogP contribution in [-0.4, -0.2) is 71.4 Å². The van der Waals surface area contributed by atoms with E-state index in [9.17, 15) is 15.0 Å². The quantitative estimate of drug-likeness (QED) is 0.823. The number of amides is 1. The lowest BCUT2D eigenvalue weighted by molar-refractivity contribution is -0.000967. The highest BCUT2D eigenvalue weighted by molar-refractivity contribution is 5.97. The molecule has 1 aromatic rings. The Balaban J connectivity index is 1.58. The summed E-state index contributed by atoms with van der Waals surface area (Å²) in [5.74, 6) is -0.214. The smallest absolute Gasteiger partial charge is 0.257 e. The van der Waals surface area contributed by atoms with Gasteiger partial charge in [-0.1, -0.05) is 6.07 Å². The van der Waals surface area contributed by atoms with Crippen LogP contribution in [0.2, 0.25) is 0 Å². The van der Waals surface area contributed by atoms with Gasteiger partial charge in [0, 0.05) is 32.2 Å². The van der Waals surface area contributed by atoms with Gasteiger partial charge in [-0.2, -0.15) is 0 Å². The molecule has 1 atom stereocenters. The van der Waals surface area contributed by atoms with Crippen LogP contribution in [0.3, 0.4) is 0 Å². The number of carbonyl (C=O) groups is 1. The van der Waals surface area contributed by atoms with Gasteiger partial charge in [0.15, 0.2) is 11.5 Å². The van der Waals surface area contributed by atoms with E-state index in [-0.39, 0.29) is 23.0 Å². The van der Waals surface area contributed by atoms with Crippen LogP contribution in [0.1, 0.15) is 30.1 Å². The molecule has 0 radical (unpaired) electrons. The number of nitrogens with zero attached hydrogens (tertiary/aromatic N) is 2. The summed E-state index contributed by atoms with van der Waals surface area (Å²) in [6.07, 6.45) is 1.92. The number of phenols is 2. The Labute approximate surface area is 142 Å². The van der Waals surface area contributed by atoms with Crippen LogP contribution in [0.4, 0.5) is 0 Å². The van der Waals surface area contributed by atoms with Crippen molar-refractivity contribution in [2.24, 2.45) is 5.92 Å². The summed E-state index contributed by atoms with van der Waals surface area (Å²) < 4.78 is 5.42. The van der Waals surface area contributed by atoms with Gasteiger partial charge >= 0.3 is 0 Å². The molecule has 6 heteroatoms. The molecule has 132 valence electrons. The maximum Gasteiger partial charge on any atom is 0.257 e. The summed E-state index contributed by atoms with van der Waals surface area (Å²) in [4.78, 5) is 16.8. The second-order valence-electron chi connectivity index (χ2n) is 6.69. The lowest BCUT2D eigenvalue weighted by atomic mass is 9.89. The van der Waals surface area contributed by atoms with E-state index >= 15 is 0 Å². The van der Waals surface area contributed by atoms with Crippen LogP contribution in [-0.2, 0) is 4.74 Å². The van der Waals surface area contributed by atoms with Gasteiger partial charge in [-0.05, 0) is 37.8 Å². The maximum atomic E-state index is 12.6. The average Bonchev–Trinajstić information content (AvgIpc) is 2.64. The fourth-order valence-corrected chi connectivity index (χ4v) is 3.74. The number of para-hydroxylation sites is 1. The highest BCUT2D eigenvalue weighted by Gasteiger charge is 2.31. The third kappa shape index (κ3) is 3.49. The largest absolute Gasteiger partial charge is 0.504 e. The SMILES string of the molecule is C[C@@H](C1CCN(C(=O)c2cccc(O)c2O)CC1)N1CCOCC1. The van der Waals surface area contributed by atoms with Gasteiger partial charge < -0.3 is 19.8 Å². The van der Waals surface area contributed by atoms with Crippen molar-refractivity contribution in [2.75, 3.05) is 39.4 Å². The zero-order valence-electron chi connectivity index (χ0n) is 14.1. The minimum absolute atomic E-state index is 0.176. The molecule has 24 heavy (non-hydrogen) atoms. The zero-order chi connectivity index (χ0) is 17.1. The molecule has 1 amide bonds. The zero-order valence-corrected chi connectivity index (χ0v) is 14.1. The molecule has 2 heterocycles. The second kappa shape index (κ2) is 7.40. The highest BCUT2D eigenvalue weighted by Crippen LogP contribution is 2.31. The van der Waals surface area contributed by atoms with Gasteiger partial charge in [-0.25, -0.2) is 0 Å². The van der Waals surface area contributed by atoms with Crippen molar-refractivity contribution < 1.29 is 19.7 Å². The summed E-state index contributed by atoms with van der Waals surface area (Å²) in [6.45, 7) is 7.22. The van der Waals surface area contributed by atoms with Crippen LogP contribution >= 0.6 is 0 Å². The van der Waals surface area contributed by atoms with E-state index in [4.69, 9.17) is 4.74 Å². The van der Waals surface area contributed by atoms with E-state index in [1.807, 2.05) is 0 Å². The number of ether oxygens (including phenoxy) is 1. The first kappa shape index (κ1) is 17.0. The Morgan fingerprint density at radius 2 is 1.83 bits per heavy atom. The van der Waals surface area contributed by atoms with Gasteiger partial charge in [0.2, 0.25) is 0 Å². The molecule has 0 aromatic heterocycles. The standard InChI is InChI=1S/C18H26N2O4/c1-13(19-9-11-24-12-10-19)14-5-7-20(8-6-14)18(23)15-3-2-4-16(21)17(15)22/h2-4,13-14,21-22H,5-12H2,1H3/t13-/m0/s1. The molecule has 1 aromatic carbocycles. The summed E-state index contributed by atoms with van der Waals surface area (Å²) in [7, 11) is 0. The van der Waals surface area contributed by atoms with Gasteiger partial charge in [-0.3, -0.25) is 9.69 Å². The third-order valence-electron chi connectivity index (χ3n) is 5.38. The first-order valence-electron chi connectivity index (χ1n) is 8.70. The lowest BCUT2D eigenvalue weighted by Gasteiger charge is -2.41. The van der Waals surface area contributed by atoms with Crippen molar-refractivity contribution in [3.05, 3.63) is 23.8 Å². The number of hydrogen-bond acceptors (Lipinski definition) is 5. The number of phenolic OH excluding ortho intramolecular Hbond substituents is 2. The van der Waals surface area contributed by atoms with Gasteiger partial charge in [0.1, 0.15) is 0 Å². The summed E-state index contributed by atoms with van der Waals surface area (Å²) in [6, 6.07) is 5.01. The molecular weight excluding hydrogens is 308 g/mol. The van der Waals surface area contributed by atoms with E-state index in [1.54, 1.807) is 17.0 Å². The molecule has 3 rings (SSSR count). The Kier molecular flexibility index (Phi) is 5.26. The van der Waals surface area contributed by atoms with Gasteiger partial charge in [0.05, 0.1) is 18.8 Å². The van der Waals surface area contributed by atoms with Crippen LogP contribution in [0.5, 0.6) is 11.5 Å². The topological polar surface area (TPSA) is 73.2 Å². The highest BCUT2D eigenvalue weighted by atomic mass is 16.5. The van der Waals surface area contributed by atoms with Crippen molar-refractivity contribution in [3.8, 4) is 11.5 Å². The van der Waals surface area contributed by atoms with E-state index in [1.165, 1.54) is 6.07 Å². The minimum Gasteiger partial charge on any atom is -0.504 e. The van der Waals surface area contributed by atoms with Gasteiger partial charge in [-0.15, -0.1) is 0 Å². The van der Waals surface area contributed by atoms with Crippen molar-refractivity contribution in [1.82, 2.24) is 9.80 Å². The van der Waals surface area contributed by atoms with Gasteiger partial charge in [0.25, 0.3) is 5.91 Å². The number of likely N-dealkylation sites (tertiary alicyclic amines) is 1. The minimum atomic E-state index is -0.327. The predicted octanol–water partition coefficient (Wildman–Crippen LogP) is 1.67. The van der Waals surface area contributed by atoms with Crippen molar-refractivity contribution in [1.29, 1.82) is 0 Å². The summed E-state index contributed by atoms with van der Waals surface area (Å²) >= 11 is 0. The van der Waals surface area contributed by atoms with Crippen molar-refractivity contribution in [3.63, 3.8) is 0 Å². The van der Waals surface area contributed by atoms with Crippen LogP contribution in [0.25, 0.3) is 0 Å². The van der Waals surface area contributed by atoms with Crippen molar-refractivity contribution in [2.45, 2.75) is 25.8 Å². The first-order chi connectivity index (χ1) is 11.6. The fourth-order valence-electron chi connectivity index (χ4n) is 3.74. The molecule has 0 bridgehead atoms. The Morgan fingerprint density at radius 1 is 1.17 bits per heavy atom. The lowest BCUT2D eigenvalue weighted by Crippen LogP contribution is -2.49. The number of piperidine rings is 1. The van der Waals surface area contributed by atoms with E-state index in [0.717, 1.165) is 39.1 Å². The Hall–Kier alpha value is -1.79. The Bertz CT molecular complexity index is 578. The van der Waals surface area contributed by atoms with E-state index in [0.29, 0.717) is 25.0 Å². The molecule has 0 aliphatic carbocycles. The molecule has 2 saturated heterocycles. The predicted molar refractivity (Wildman–Crippen MR) is 90.3 cm³/mol. The summed E-state index contributed by atoms with van der Waals surface area (Å²) in [5.41, 5.74) is 0.176. The van der Waals surface area contributed by atoms with Crippen LogP contribution in [0.15, 0.2) is 18.2 Å². The van der Waals surface area contributed by atoms with E-state index in [2.05, 4.69) is 11.8 Å². The molecule has 2 fully saturated rings. The molecule has 0 saturated carbocycles. The molecule has 0 spiro atoms. The number of morpholine rings is 1. The maximum absolute atomic E-state index is 12.6. The molecule has 6 nitrogen and oxygen atoms in total. The number of hydrogen-bond donors (Lipinski definition) is 2.